The summed E-state index contributed by atoms with van der Waals surface area (Å²) in [5.74, 6) is 0. The Bertz CT molecular complexity index is 189. The minimum atomic E-state index is -0.0933. The predicted molar refractivity (Wildman–Crippen MR) is 59.1 cm³/mol. The van der Waals surface area contributed by atoms with Gasteiger partial charge in [-0.1, -0.05) is 6.92 Å². The van der Waals surface area contributed by atoms with Crippen molar-refractivity contribution in [2.45, 2.75) is 18.9 Å². The topological polar surface area (TPSA) is 33.7 Å². The average Bonchev–Trinajstić information content (AvgIpc) is 2.45. The molecule has 1 atom stereocenters. The Kier molecular flexibility index (Phi) is 3.97. The molecule has 0 aromatic heterocycles. The Morgan fingerprint density at radius 3 is 3.20 bits per heavy atom. The van der Waals surface area contributed by atoms with Crippen molar-refractivity contribution in [2.24, 2.45) is 0 Å². The van der Waals surface area contributed by atoms with Crippen molar-refractivity contribution in [1.82, 2.24) is 10.2 Å². The van der Waals surface area contributed by atoms with Gasteiger partial charge < -0.3 is 14.8 Å². The maximum Gasteiger partial charge on any atom is 0.116 e. The van der Waals surface area contributed by atoms with E-state index in [0.29, 0.717) is 0 Å². The molecule has 1 N–H and O–H groups in total. The van der Waals surface area contributed by atoms with Gasteiger partial charge in [-0.15, -0.1) is 0 Å². The first kappa shape index (κ1) is 11.3. The Balaban J connectivity index is 1.93. The predicted octanol–water partition coefficient (Wildman–Crippen LogP) is 0.0872. The Labute approximate surface area is 91.9 Å². The van der Waals surface area contributed by atoms with Gasteiger partial charge in [0, 0.05) is 26.2 Å². The van der Waals surface area contributed by atoms with E-state index in [1.165, 1.54) is 13.0 Å². The van der Waals surface area contributed by atoms with E-state index < -0.39 is 0 Å². The van der Waals surface area contributed by atoms with Gasteiger partial charge in [0.05, 0.1) is 19.8 Å². The Hall–Kier alpha value is -0.160. The second kappa shape index (κ2) is 5.25. The van der Waals surface area contributed by atoms with E-state index in [2.05, 4.69) is 17.1 Å². The maximum absolute atomic E-state index is 5.93. The van der Waals surface area contributed by atoms with E-state index >= 15 is 0 Å². The first-order chi connectivity index (χ1) is 7.35. The normalized spacial score (nSPS) is 34.2. The van der Waals surface area contributed by atoms with Gasteiger partial charge in [0.2, 0.25) is 0 Å². The zero-order valence-corrected chi connectivity index (χ0v) is 9.63. The van der Waals surface area contributed by atoms with Crippen LogP contribution in [0.15, 0.2) is 0 Å². The van der Waals surface area contributed by atoms with Crippen molar-refractivity contribution in [3.8, 4) is 0 Å². The van der Waals surface area contributed by atoms with Gasteiger partial charge in [-0.3, -0.25) is 4.90 Å². The van der Waals surface area contributed by atoms with E-state index in [1.54, 1.807) is 0 Å². The quantitative estimate of drug-likeness (QED) is 0.706. The number of hydrogen-bond donors (Lipinski definition) is 1. The molecule has 2 rings (SSSR count). The highest BCUT2D eigenvalue weighted by Crippen LogP contribution is 2.19. The van der Waals surface area contributed by atoms with E-state index in [1.807, 2.05) is 0 Å². The third kappa shape index (κ3) is 2.91. The van der Waals surface area contributed by atoms with Crippen LogP contribution in [-0.4, -0.2) is 63.0 Å². The lowest BCUT2D eigenvalue weighted by atomic mass is 10.0. The van der Waals surface area contributed by atoms with Crippen LogP contribution in [0.3, 0.4) is 0 Å². The van der Waals surface area contributed by atoms with Crippen LogP contribution in [0, 0.1) is 0 Å². The summed E-state index contributed by atoms with van der Waals surface area (Å²) in [5.41, 5.74) is -0.0933. The van der Waals surface area contributed by atoms with Crippen molar-refractivity contribution in [2.75, 3.05) is 52.5 Å². The number of hydrogen-bond acceptors (Lipinski definition) is 4. The SMILES string of the molecule is CCCN1CCO[C@]2(CNCCOC2)C1. The minimum Gasteiger partial charge on any atom is -0.377 e. The third-order valence-electron chi connectivity index (χ3n) is 3.10. The van der Waals surface area contributed by atoms with Gasteiger partial charge in [0.1, 0.15) is 5.60 Å². The van der Waals surface area contributed by atoms with Crippen molar-refractivity contribution < 1.29 is 9.47 Å². The molecule has 0 aliphatic carbocycles. The molecule has 0 aromatic carbocycles. The molecule has 2 heterocycles. The molecule has 0 radical (unpaired) electrons. The van der Waals surface area contributed by atoms with Crippen LogP contribution >= 0.6 is 0 Å². The molecular weight excluding hydrogens is 192 g/mol. The summed E-state index contributed by atoms with van der Waals surface area (Å²) in [5, 5.41) is 3.39. The van der Waals surface area contributed by atoms with E-state index in [4.69, 9.17) is 9.47 Å². The van der Waals surface area contributed by atoms with Crippen LogP contribution < -0.4 is 5.32 Å². The first-order valence-corrected chi connectivity index (χ1v) is 5.99. The zero-order chi connectivity index (χ0) is 10.6. The molecule has 2 aliphatic rings. The smallest absolute Gasteiger partial charge is 0.116 e. The lowest BCUT2D eigenvalue weighted by Gasteiger charge is -2.41. The molecule has 0 saturated carbocycles. The molecule has 2 fully saturated rings. The zero-order valence-electron chi connectivity index (χ0n) is 9.63. The molecule has 2 aliphatic heterocycles. The highest BCUT2D eigenvalue weighted by atomic mass is 16.5. The first-order valence-electron chi connectivity index (χ1n) is 5.99. The standard InChI is InChI=1S/C11H22N2O2/c1-2-4-13-5-7-15-11(9-13)8-12-3-6-14-10-11/h12H,2-10H2,1H3/t11-/m1/s1. The molecule has 15 heavy (non-hydrogen) atoms. The van der Waals surface area contributed by atoms with Gasteiger partial charge in [-0.25, -0.2) is 0 Å². The lowest BCUT2D eigenvalue weighted by Crippen LogP contribution is -2.58. The molecule has 4 nitrogen and oxygen atoms in total. The largest absolute Gasteiger partial charge is 0.377 e. The maximum atomic E-state index is 5.93. The molecule has 0 amide bonds. The number of morpholine rings is 1. The van der Waals surface area contributed by atoms with Crippen molar-refractivity contribution in [3.05, 3.63) is 0 Å². The van der Waals surface area contributed by atoms with Crippen LogP contribution in [-0.2, 0) is 9.47 Å². The van der Waals surface area contributed by atoms with Gasteiger partial charge in [-0.05, 0) is 13.0 Å². The monoisotopic (exact) mass is 214 g/mol. The summed E-state index contributed by atoms with van der Waals surface area (Å²) in [6, 6.07) is 0. The van der Waals surface area contributed by atoms with Gasteiger partial charge >= 0.3 is 0 Å². The van der Waals surface area contributed by atoms with E-state index in [9.17, 15) is 0 Å². The minimum absolute atomic E-state index is 0.0933. The summed E-state index contributed by atoms with van der Waals surface area (Å²) >= 11 is 0. The molecule has 0 unspecified atom stereocenters. The van der Waals surface area contributed by atoms with E-state index in [-0.39, 0.29) is 5.60 Å². The molecule has 2 saturated heterocycles. The highest BCUT2D eigenvalue weighted by molar-refractivity contribution is 4.91. The number of nitrogens with one attached hydrogen (secondary N) is 1. The number of rotatable bonds is 2. The molecule has 4 heteroatoms. The summed E-state index contributed by atoms with van der Waals surface area (Å²) in [4.78, 5) is 2.49. The Morgan fingerprint density at radius 2 is 2.33 bits per heavy atom. The summed E-state index contributed by atoms with van der Waals surface area (Å²) in [7, 11) is 0. The van der Waals surface area contributed by atoms with Crippen molar-refractivity contribution in [3.63, 3.8) is 0 Å². The van der Waals surface area contributed by atoms with Gasteiger partial charge in [0.15, 0.2) is 0 Å². The van der Waals surface area contributed by atoms with E-state index in [0.717, 1.165) is 46.0 Å². The fourth-order valence-electron chi connectivity index (χ4n) is 2.39. The number of nitrogens with zero attached hydrogens (tertiary/aromatic N) is 1. The Morgan fingerprint density at radius 1 is 1.40 bits per heavy atom. The number of ether oxygens (including phenoxy) is 2. The fraction of sp³-hybridized carbons (Fsp3) is 1.00. The molecular formula is C11H22N2O2. The van der Waals surface area contributed by atoms with Crippen LogP contribution in [0.25, 0.3) is 0 Å². The molecule has 0 bridgehead atoms. The van der Waals surface area contributed by atoms with Crippen LogP contribution in [0.4, 0.5) is 0 Å². The molecule has 0 aromatic rings. The third-order valence-corrected chi connectivity index (χ3v) is 3.10. The lowest BCUT2D eigenvalue weighted by molar-refractivity contribution is -0.133. The molecule has 1 spiro atoms. The second-order valence-electron chi connectivity index (χ2n) is 4.54. The summed E-state index contributed by atoms with van der Waals surface area (Å²) in [6.07, 6.45) is 1.21. The van der Waals surface area contributed by atoms with Crippen molar-refractivity contribution >= 4 is 0 Å². The molecule has 88 valence electrons. The average molecular weight is 214 g/mol. The van der Waals surface area contributed by atoms with Crippen LogP contribution in [0.5, 0.6) is 0 Å². The van der Waals surface area contributed by atoms with Crippen LogP contribution in [0.2, 0.25) is 0 Å². The van der Waals surface area contributed by atoms with Crippen LogP contribution in [0.1, 0.15) is 13.3 Å². The fourth-order valence-corrected chi connectivity index (χ4v) is 2.39. The summed E-state index contributed by atoms with van der Waals surface area (Å²) < 4.78 is 11.5. The van der Waals surface area contributed by atoms with Gasteiger partial charge in [-0.2, -0.15) is 0 Å². The second-order valence-corrected chi connectivity index (χ2v) is 4.54. The highest BCUT2D eigenvalue weighted by Gasteiger charge is 2.37. The van der Waals surface area contributed by atoms with Crippen molar-refractivity contribution in [1.29, 1.82) is 0 Å². The van der Waals surface area contributed by atoms with Gasteiger partial charge in [0.25, 0.3) is 0 Å². The summed E-state index contributed by atoms with van der Waals surface area (Å²) in [6.45, 7) is 9.72.